The Labute approximate surface area is 178 Å². The molecule has 0 spiro atoms. The predicted octanol–water partition coefficient (Wildman–Crippen LogP) is 2.73. The molecule has 1 aromatic rings. The van der Waals surface area contributed by atoms with Crippen molar-refractivity contribution < 1.29 is 25.5 Å². The second kappa shape index (κ2) is 12.6. The summed E-state index contributed by atoms with van der Waals surface area (Å²) >= 11 is 1.75. The number of rotatable bonds is 12. The maximum absolute atomic E-state index is 10.3. The summed E-state index contributed by atoms with van der Waals surface area (Å²) in [6.07, 6.45) is 10.0. The number of aliphatic hydroxyl groups excluding tert-OH is 5. The molecule has 1 heterocycles. The average molecular weight is 425 g/mol. The Morgan fingerprint density at radius 1 is 1.14 bits per heavy atom. The van der Waals surface area contributed by atoms with Gasteiger partial charge in [0.2, 0.25) is 0 Å². The van der Waals surface area contributed by atoms with E-state index in [1.54, 1.807) is 17.4 Å². The standard InChI is InChI=1S/C23H36O5S/c1-16-8-11-19(29-16)12-9-17(25)10-13-21-20(22(27)14-23(21)28)7-5-3-2-4-6-18(26)15-24/h3,5,8,10-11,13,17-18,20-28H,2,4,6-7,9,12,14-15H2,1H3/t17-,18+,20+,21+,22-,23+/m0/s1. The van der Waals surface area contributed by atoms with Crippen molar-refractivity contribution in [2.45, 2.75) is 76.3 Å². The molecule has 1 aliphatic rings. The number of aryl methyl sites for hydroxylation is 2. The summed E-state index contributed by atoms with van der Waals surface area (Å²) < 4.78 is 0. The van der Waals surface area contributed by atoms with Crippen LogP contribution < -0.4 is 0 Å². The van der Waals surface area contributed by atoms with Gasteiger partial charge in [0.1, 0.15) is 0 Å². The maximum Gasteiger partial charge on any atom is 0.0771 e. The lowest BCUT2D eigenvalue weighted by atomic mass is 9.89. The zero-order chi connectivity index (χ0) is 21.2. The minimum absolute atomic E-state index is 0.0623. The van der Waals surface area contributed by atoms with E-state index in [9.17, 15) is 20.4 Å². The van der Waals surface area contributed by atoms with E-state index in [1.807, 2.05) is 18.2 Å². The highest BCUT2D eigenvalue weighted by molar-refractivity contribution is 7.11. The van der Waals surface area contributed by atoms with Gasteiger partial charge in [0.15, 0.2) is 0 Å². The minimum Gasteiger partial charge on any atom is -0.394 e. The number of hydrogen-bond acceptors (Lipinski definition) is 6. The second-order valence-electron chi connectivity index (χ2n) is 8.09. The van der Waals surface area contributed by atoms with Crippen LogP contribution in [0.5, 0.6) is 0 Å². The molecule has 0 aliphatic heterocycles. The number of aliphatic hydroxyl groups is 5. The fraction of sp³-hybridized carbons (Fsp3) is 0.652. The summed E-state index contributed by atoms with van der Waals surface area (Å²) in [5.74, 6) is -0.225. The van der Waals surface area contributed by atoms with Crippen LogP contribution in [0.15, 0.2) is 36.4 Å². The van der Waals surface area contributed by atoms with E-state index in [-0.39, 0.29) is 18.4 Å². The molecule has 164 valence electrons. The van der Waals surface area contributed by atoms with E-state index in [0.717, 1.165) is 19.3 Å². The first kappa shape index (κ1) is 24.3. The van der Waals surface area contributed by atoms with Gasteiger partial charge in [-0.3, -0.25) is 0 Å². The Hall–Kier alpha value is -1.02. The van der Waals surface area contributed by atoms with E-state index in [2.05, 4.69) is 19.1 Å². The average Bonchev–Trinajstić information content (AvgIpc) is 3.23. The molecule has 0 radical (unpaired) electrons. The van der Waals surface area contributed by atoms with Crippen LogP contribution >= 0.6 is 11.3 Å². The Kier molecular flexibility index (Phi) is 10.6. The Morgan fingerprint density at radius 2 is 1.93 bits per heavy atom. The third kappa shape index (κ3) is 8.32. The molecule has 0 saturated heterocycles. The molecule has 5 nitrogen and oxygen atoms in total. The van der Waals surface area contributed by atoms with Crippen molar-refractivity contribution in [2.75, 3.05) is 6.61 Å². The number of thiophene rings is 1. The molecular weight excluding hydrogens is 388 g/mol. The summed E-state index contributed by atoms with van der Waals surface area (Å²) in [6, 6.07) is 4.19. The van der Waals surface area contributed by atoms with Gasteiger partial charge in [-0.25, -0.2) is 0 Å². The summed E-state index contributed by atoms with van der Waals surface area (Å²) in [4.78, 5) is 2.54. The first-order valence-electron chi connectivity index (χ1n) is 10.6. The van der Waals surface area contributed by atoms with Gasteiger partial charge >= 0.3 is 0 Å². The van der Waals surface area contributed by atoms with Crippen LogP contribution in [0, 0.1) is 18.8 Å². The van der Waals surface area contributed by atoms with Crippen LogP contribution in [-0.4, -0.2) is 56.6 Å². The van der Waals surface area contributed by atoms with Crippen molar-refractivity contribution in [1.82, 2.24) is 0 Å². The lowest BCUT2D eigenvalue weighted by Gasteiger charge is -2.19. The van der Waals surface area contributed by atoms with Crippen molar-refractivity contribution in [2.24, 2.45) is 11.8 Å². The van der Waals surface area contributed by atoms with Crippen LogP contribution in [-0.2, 0) is 6.42 Å². The van der Waals surface area contributed by atoms with Gasteiger partial charge < -0.3 is 25.5 Å². The monoisotopic (exact) mass is 424 g/mol. The second-order valence-corrected chi connectivity index (χ2v) is 9.46. The molecule has 0 bridgehead atoms. The topological polar surface area (TPSA) is 101 Å². The third-order valence-corrected chi connectivity index (χ3v) is 6.71. The number of unbranched alkanes of at least 4 members (excludes halogenated alkanes) is 1. The third-order valence-electron chi connectivity index (χ3n) is 5.65. The van der Waals surface area contributed by atoms with Gasteiger partial charge in [0, 0.05) is 22.1 Å². The van der Waals surface area contributed by atoms with Gasteiger partial charge in [-0.2, -0.15) is 0 Å². The zero-order valence-electron chi connectivity index (χ0n) is 17.2. The van der Waals surface area contributed by atoms with Crippen molar-refractivity contribution >= 4 is 11.3 Å². The fourth-order valence-corrected chi connectivity index (χ4v) is 4.81. The largest absolute Gasteiger partial charge is 0.394 e. The quantitative estimate of drug-likeness (QED) is 0.262. The number of hydrogen-bond donors (Lipinski definition) is 5. The molecule has 1 saturated carbocycles. The van der Waals surface area contributed by atoms with E-state index < -0.39 is 24.4 Å². The van der Waals surface area contributed by atoms with Gasteiger partial charge in [0.05, 0.1) is 31.0 Å². The van der Waals surface area contributed by atoms with Crippen molar-refractivity contribution in [3.05, 3.63) is 46.2 Å². The maximum atomic E-state index is 10.3. The SMILES string of the molecule is Cc1ccc(CC[C@H](O)C=C[C@@H]2[C@@H](CC=CCCC[C@@H](O)CO)[C@@H](O)C[C@H]2O)s1. The Bertz CT molecular complexity index is 641. The van der Waals surface area contributed by atoms with Gasteiger partial charge in [-0.15, -0.1) is 11.3 Å². The van der Waals surface area contributed by atoms with Crippen molar-refractivity contribution in [1.29, 1.82) is 0 Å². The highest BCUT2D eigenvalue weighted by atomic mass is 32.1. The summed E-state index contributed by atoms with van der Waals surface area (Å²) in [6.45, 7) is 1.87. The van der Waals surface area contributed by atoms with Crippen LogP contribution in [0.1, 0.15) is 48.3 Å². The first-order chi connectivity index (χ1) is 13.9. The Balaban J connectivity index is 1.79. The molecule has 0 unspecified atom stereocenters. The van der Waals surface area contributed by atoms with E-state index in [4.69, 9.17) is 5.11 Å². The molecule has 1 fully saturated rings. The van der Waals surface area contributed by atoms with Crippen LogP contribution in [0.3, 0.4) is 0 Å². The molecule has 5 N–H and O–H groups in total. The van der Waals surface area contributed by atoms with Gasteiger partial charge in [-0.05, 0) is 63.5 Å². The normalized spacial score (nSPS) is 27.2. The minimum atomic E-state index is -0.653. The lowest BCUT2D eigenvalue weighted by Crippen LogP contribution is -2.20. The highest BCUT2D eigenvalue weighted by Gasteiger charge is 2.39. The van der Waals surface area contributed by atoms with Crippen molar-refractivity contribution in [3.63, 3.8) is 0 Å². The molecule has 6 atom stereocenters. The predicted molar refractivity (Wildman–Crippen MR) is 117 cm³/mol. The summed E-state index contributed by atoms with van der Waals surface area (Å²) in [7, 11) is 0. The van der Waals surface area contributed by atoms with E-state index >= 15 is 0 Å². The fourth-order valence-electron chi connectivity index (χ4n) is 3.90. The Morgan fingerprint density at radius 3 is 2.62 bits per heavy atom. The van der Waals surface area contributed by atoms with Crippen LogP contribution in [0.2, 0.25) is 0 Å². The molecule has 2 rings (SSSR count). The first-order valence-corrected chi connectivity index (χ1v) is 11.4. The van der Waals surface area contributed by atoms with Gasteiger partial charge in [-0.1, -0.05) is 24.3 Å². The molecule has 1 aromatic heterocycles. The van der Waals surface area contributed by atoms with E-state index in [1.165, 1.54) is 9.75 Å². The smallest absolute Gasteiger partial charge is 0.0771 e. The molecule has 29 heavy (non-hydrogen) atoms. The van der Waals surface area contributed by atoms with Crippen LogP contribution in [0.4, 0.5) is 0 Å². The lowest BCUT2D eigenvalue weighted by molar-refractivity contribution is 0.0868. The molecule has 6 heteroatoms. The molecule has 0 amide bonds. The molecular formula is C23H36O5S. The summed E-state index contributed by atoms with van der Waals surface area (Å²) in [5.41, 5.74) is 0. The van der Waals surface area contributed by atoms with Gasteiger partial charge in [0.25, 0.3) is 0 Å². The summed E-state index contributed by atoms with van der Waals surface area (Å²) in [5, 5.41) is 49.0. The molecule has 1 aliphatic carbocycles. The zero-order valence-corrected chi connectivity index (χ0v) is 18.0. The number of allylic oxidation sites excluding steroid dienone is 2. The highest BCUT2D eigenvalue weighted by Crippen LogP contribution is 2.36. The van der Waals surface area contributed by atoms with Crippen LogP contribution in [0.25, 0.3) is 0 Å². The molecule has 0 aromatic carbocycles. The van der Waals surface area contributed by atoms with Crippen molar-refractivity contribution in [3.8, 4) is 0 Å². The van der Waals surface area contributed by atoms with E-state index in [0.29, 0.717) is 25.7 Å².